The molecular formula is C11H12ClN3O3. The van der Waals surface area contributed by atoms with Crippen LogP contribution < -0.4 is 0 Å². The van der Waals surface area contributed by atoms with Crippen LogP contribution in [-0.2, 0) is 4.74 Å². The first-order chi connectivity index (χ1) is 8.54. The number of non-ortho nitro benzene ring substituents is 1. The number of nitro groups is 1. The lowest BCUT2D eigenvalue weighted by atomic mass is 10.2. The summed E-state index contributed by atoms with van der Waals surface area (Å²) in [4.78, 5) is 10.2. The van der Waals surface area contributed by atoms with Crippen LogP contribution in [0.3, 0.4) is 0 Å². The van der Waals surface area contributed by atoms with Gasteiger partial charge in [0.05, 0.1) is 17.6 Å². The number of fused-ring (bicyclic) bond motifs is 1. The van der Waals surface area contributed by atoms with E-state index in [4.69, 9.17) is 16.3 Å². The van der Waals surface area contributed by atoms with Crippen molar-refractivity contribution in [3.8, 4) is 0 Å². The molecule has 0 amide bonds. The molecule has 0 aliphatic heterocycles. The molecule has 2 aromatic rings. The molecule has 1 heterocycles. The third-order valence-electron chi connectivity index (χ3n) is 2.66. The Morgan fingerprint density at radius 1 is 1.61 bits per heavy atom. The summed E-state index contributed by atoms with van der Waals surface area (Å²) < 4.78 is 6.65. The zero-order chi connectivity index (χ0) is 13.3. The summed E-state index contributed by atoms with van der Waals surface area (Å²) in [5.74, 6) is 0. The number of benzene rings is 1. The van der Waals surface area contributed by atoms with E-state index in [2.05, 4.69) is 5.10 Å². The summed E-state index contributed by atoms with van der Waals surface area (Å²) in [6, 6.07) is 4.41. The number of hydrogen-bond donors (Lipinski definition) is 0. The van der Waals surface area contributed by atoms with Crippen LogP contribution in [0.5, 0.6) is 0 Å². The lowest BCUT2D eigenvalue weighted by molar-refractivity contribution is -0.384. The minimum Gasteiger partial charge on any atom is -0.382 e. The Morgan fingerprint density at radius 3 is 2.94 bits per heavy atom. The maximum Gasteiger partial charge on any atom is 0.271 e. The number of ether oxygens (including phenoxy) is 1. The summed E-state index contributed by atoms with van der Waals surface area (Å²) >= 11 is 6.19. The number of nitro benzene ring substituents is 1. The topological polar surface area (TPSA) is 70.2 Å². The molecule has 0 N–H and O–H groups in total. The Hall–Kier alpha value is -1.66. The van der Waals surface area contributed by atoms with Gasteiger partial charge >= 0.3 is 0 Å². The van der Waals surface area contributed by atoms with Crippen LogP contribution in [0.2, 0.25) is 5.15 Å². The maximum absolute atomic E-state index is 10.7. The molecule has 96 valence electrons. The number of hydrogen-bond acceptors (Lipinski definition) is 4. The normalized spacial score (nSPS) is 12.8. The Kier molecular flexibility index (Phi) is 3.49. The zero-order valence-corrected chi connectivity index (χ0v) is 10.7. The van der Waals surface area contributed by atoms with Gasteiger partial charge in [0.15, 0.2) is 0 Å². The van der Waals surface area contributed by atoms with Crippen LogP contribution in [0.15, 0.2) is 18.2 Å². The molecule has 0 fully saturated rings. The van der Waals surface area contributed by atoms with Crippen molar-refractivity contribution in [3.05, 3.63) is 33.5 Å². The fraction of sp³-hybridized carbons (Fsp3) is 0.364. The fourth-order valence-electron chi connectivity index (χ4n) is 1.78. The van der Waals surface area contributed by atoms with Gasteiger partial charge in [-0.1, -0.05) is 11.6 Å². The van der Waals surface area contributed by atoms with Crippen molar-refractivity contribution in [2.24, 2.45) is 0 Å². The molecule has 0 radical (unpaired) electrons. The molecule has 2 rings (SSSR count). The summed E-state index contributed by atoms with van der Waals surface area (Å²) in [5.41, 5.74) is 0.514. The molecule has 1 aromatic carbocycles. The SMILES string of the molecule is COCC(C)n1nc2cc([N+](=O)[O-])ccc2c1Cl. The van der Waals surface area contributed by atoms with E-state index < -0.39 is 4.92 Å². The fourth-order valence-corrected chi connectivity index (χ4v) is 2.14. The molecule has 0 saturated heterocycles. The molecule has 6 nitrogen and oxygen atoms in total. The van der Waals surface area contributed by atoms with E-state index in [-0.39, 0.29) is 11.7 Å². The van der Waals surface area contributed by atoms with E-state index in [9.17, 15) is 10.1 Å². The third kappa shape index (κ3) is 2.16. The van der Waals surface area contributed by atoms with E-state index in [0.29, 0.717) is 22.7 Å². The first-order valence-corrected chi connectivity index (χ1v) is 5.73. The standard InChI is InChI=1S/C11H12ClN3O3/c1-7(6-18-2)14-11(12)9-4-3-8(15(16)17)5-10(9)13-14/h3-5,7H,6H2,1-2H3. The molecule has 0 saturated carbocycles. The summed E-state index contributed by atoms with van der Waals surface area (Å²) in [6.07, 6.45) is 0. The second-order valence-electron chi connectivity index (χ2n) is 4.00. The highest BCUT2D eigenvalue weighted by Gasteiger charge is 2.16. The Bertz CT molecular complexity index is 596. The summed E-state index contributed by atoms with van der Waals surface area (Å²) in [5, 5.41) is 16.1. The second kappa shape index (κ2) is 4.91. The van der Waals surface area contributed by atoms with Gasteiger partial charge in [-0.2, -0.15) is 5.10 Å². The number of nitrogens with zero attached hydrogens (tertiary/aromatic N) is 3. The van der Waals surface area contributed by atoms with Gasteiger partial charge in [0.25, 0.3) is 5.69 Å². The lowest BCUT2D eigenvalue weighted by Gasteiger charge is -2.11. The van der Waals surface area contributed by atoms with E-state index in [1.165, 1.54) is 12.1 Å². The minimum absolute atomic E-state index is 0.00297. The lowest BCUT2D eigenvalue weighted by Crippen LogP contribution is -2.12. The van der Waals surface area contributed by atoms with E-state index in [0.717, 1.165) is 0 Å². The van der Waals surface area contributed by atoms with Gasteiger partial charge < -0.3 is 4.74 Å². The molecule has 1 unspecified atom stereocenters. The zero-order valence-electron chi connectivity index (χ0n) is 9.96. The van der Waals surface area contributed by atoms with Gasteiger partial charge in [-0.05, 0) is 13.0 Å². The van der Waals surface area contributed by atoms with Crippen LogP contribution in [-0.4, -0.2) is 28.4 Å². The van der Waals surface area contributed by atoms with Crippen LogP contribution in [0.4, 0.5) is 5.69 Å². The van der Waals surface area contributed by atoms with Gasteiger partial charge in [-0.3, -0.25) is 10.1 Å². The second-order valence-corrected chi connectivity index (χ2v) is 4.36. The number of rotatable bonds is 4. The number of halogens is 1. The predicted octanol–water partition coefficient (Wildman–Crippen LogP) is 2.81. The molecule has 1 atom stereocenters. The molecule has 0 aliphatic rings. The van der Waals surface area contributed by atoms with Gasteiger partial charge in [0.2, 0.25) is 0 Å². The minimum atomic E-state index is -0.453. The van der Waals surface area contributed by atoms with Crippen molar-refractivity contribution in [2.75, 3.05) is 13.7 Å². The van der Waals surface area contributed by atoms with Crippen molar-refractivity contribution in [2.45, 2.75) is 13.0 Å². The average molecular weight is 270 g/mol. The summed E-state index contributed by atoms with van der Waals surface area (Å²) in [6.45, 7) is 2.38. The van der Waals surface area contributed by atoms with Crippen molar-refractivity contribution in [3.63, 3.8) is 0 Å². The molecular weight excluding hydrogens is 258 g/mol. The molecule has 7 heteroatoms. The Balaban J connectivity index is 2.51. The molecule has 0 spiro atoms. The maximum atomic E-state index is 10.7. The average Bonchev–Trinajstić information content (AvgIpc) is 2.66. The van der Waals surface area contributed by atoms with E-state index in [1.54, 1.807) is 17.9 Å². The third-order valence-corrected chi connectivity index (χ3v) is 3.03. The summed E-state index contributed by atoms with van der Waals surface area (Å²) in [7, 11) is 1.60. The van der Waals surface area contributed by atoms with Gasteiger partial charge in [-0.15, -0.1) is 0 Å². The highest BCUT2D eigenvalue weighted by atomic mass is 35.5. The first kappa shape index (κ1) is 12.8. The van der Waals surface area contributed by atoms with Gasteiger partial charge in [-0.25, -0.2) is 4.68 Å². The Labute approximate surface area is 108 Å². The molecule has 1 aromatic heterocycles. The number of methoxy groups -OCH3 is 1. The molecule has 0 aliphatic carbocycles. The van der Waals surface area contributed by atoms with Gasteiger partial charge in [0, 0.05) is 24.6 Å². The smallest absolute Gasteiger partial charge is 0.271 e. The first-order valence-electron chi connectivity index (χ1n) is 5.35. The van der Waals surface area contributed by atoms with Crippen molar-refractivity contribution in [1.82, 2.24) is 9.78 Å². The van der Waals surface area contributed by atoms with Crippen LogP contribution in [0.1, 0.15) is 13.0 Å². The number of aromatic nitrogens is 2. The van der Waals surface area contributed by atoms with Crippen LogP contribution in [0.25, 0.3) is 10.9 Å². The quantitative estimate of drug-likeness (QED) is 0.632. The monoisotopic (exact) mass is 269 g/mol. The van der Waals surface area contributed by atoms with Gasteiger partial charge in [0.1, 0.15) is 10.7 Å². The molecule has 18 heavy (non-hydrogen) atoms. The molecule has 0 bridgehead atoms. The van der Waals surface area contributed by atoms with Crippen LogP contribution in [0, 0.1) is 10.1 Å². The van der Waals surface area contributed by atoms with Crippen molar-refractivity contribution >= 4 is 28.2 Å². The predicted molar refractivity (Wildman–Crippen MR) is 68.0 cm³/mol. The highest BCUT2D eigenvalue weighted by Crippen LogP contribution is 2.28. The van der Waals surface area contributed by atoms with E-state index >= 15 is 0 Å². The van der Waals surface area contributed by atoms with Crippen molar-refractivity contribution in [1.29, 1.82) is 0 Å². The highest BCUT2D eigenvalue weighted by molar-refractivity contribution is 6.34. The van der Waals surface area contributed by atoms with E-state index in [1.807, 2.05) is 6.92 Å². The van der Waals surface area contributed by atoms with Crippen molar-refractivity contribution < 1.29 is 9.66 Å². The largest absolute Gasteiger partial charge is 0.382 e. The van der Waals surface area contributed by atoms with Crippen LogP contribution >= 0.6 is 11.6 Å². The Morgan fingerprint density at radius 2 is 2.33 bits per heavy atom.